The number of ether oxygens (including phenoxy) is 3. The molecular formula is C19H30FN3O3. The maximum Gasteiger partial charge on any atom is 0.191 e. The van der Waals surface area contributed by atoms with Crippen LogP contribution in [0, 0.1) is 5.82 Å². The van der Waals surface area contributed by atoms with Crippen molar-refractivity contribution < 1.29 is 18.6 Å². The fourth-order valence-electron chi connectivity index (χ4n) is 2.65. The average Bonchev–Trinajstić information content (AvgIpc) is 3.14. The molecule has 1 aliphatic rings. The number of halogens is 1. The van der Waals surface area contributed by atoms with Crippen LogP contribution in [0.4, 0.5) is 4.39 Å². The largest absolute Gasteiger partial charge is 0.489 e. The monoisotopic (exact) mass is 367 g/mol. The van der Waals surface area contributed by atoms with Crippen LogP contribution in [0.1, 0.15) is 26.2 Å². The van der Waals surface area contributed by atoms with E-state index in [1.807, 2.05) is 6.92 Å². The molecule has 0 spiro atoms. The molecule has 0 radical (unpaired) electrons. The number of aliphatic imine (C=N–C) groups is 1. The van der Waals surface area contributed by atoms with E-state index >= 15 is 0 Å². The molecule has 2 atom stereocenters. The molecule has 0 saturated carbocycles. The van der Waals surface area contributed by atoms with Crippen molar-refractivity contribution in [2.45, 2.75) is 38.4 Å². The first-order valence-electron chi connectivity index (χ1n) is 9.23. The van der Waals surface area contributed by atoms with Gasteiger partial charge in [0.05, 0.1) is 19.3 Å². The molecule has 1 saturated heterocycles. The summed E-state index contributed by atoms with van der Waals surface area (Å²) in [5, 5.41) is 6.44. The molecule has 2 unspecified atom stereocenters. The third-order valence-corrected chi connectivity index (χ3v) is 4.00. The quantitative estimate of drug-likeness (QED) is 0.378. The number of nitrogens with zero attached hydrogens (tertiary/aromatic N) is 1. The van der Waals surface area contributed by atoms with Crippen molar-refractivity contribution in [1.29, 1.82) is 0 Å². The Kier molecular flexibility index (Phi) is 9.20. The summed E-state index contributed by atoms with van der Waals surface area (Å²) >= 11 is 0. The molecule has 7 heteroatoms. The first kappa shape index (κ1) is 20.5. The van der Waals surface area contributed by atoms with Crippen LogP contribution in [-0.4, -0.2) is 58.1 Å². The van der Waals surface area contributed by atoms with Gasteiger partial charge < -0.3 is 24.8 Å². The van der Waals surface area contributed by atoms with Crippen LogP contribution in [0.3, 0.4) is 0 Å². The third kappa shape index (κ3) is 8.01. The normalized spacial score (nSPS) is 18.6. The summed E-state index contributed by atoms with van der Waals surface area (Å²) in [5.41, 5.74) is 0. The lowest BCUT2D eigenvalue weighted by Crippen LogP contribution is -2.42. The number of rotatable bonds is 10. The van der Waals surface area contributed by atoms with Crippen molar-refractivity contribution >= 4 is 5.96 Å². The van der Waals surface area contributed by atoms with Gasteiger partial charge in [-0.3, -0.25) is 4.99 Å². The SMILES string of the molecule is CN=C(NCCCOCC1CCCO1)NCC(C)Oc1cccc(F)c1. The van der Waals surface area contributed by atoms with Crippen LogP contribution in [0.5, 0.6) is 5.75 Å². The standard InChI is InChI=1S/C19H30FN3O3/c1-15(26-17-7-3-6-16(20)12-17)13-23-19(21-2)22-9-5-10-24-14-18-8-4-11-25-18/h3,6-7,12,15,18H,4-5,8-11,13-14H2,1-2H3,(H2,21,22,23). The van der Waals surface area contributed by atoms with E-state index in [1.165, 1.54) is 12.1 Å². The molecular weight excluding hydrogens is 337 g/mol. The number of guanidine groups is 1. The van der Waals surface area contributed by atoms with Crippen LogP contribution in [0.25, 0.3) is 0 Å². The van der Waals surface area contributed by atoms with Crippen molar-refractivity contribution in [3.63, 3.8) is 0 Å². The van der Waals surface area contributed by atoms with Crippen molar-refractivity contribution in [3.05, 3.63) is 30.1 Å². The number of nitrogens with one attached hydrogen (secondary N) is 2. The topological polar surface area (TPSA) is 64.1 Å². The fraction of sp³-hybridized carbons (Fsp3) is 0.632. The molecule has 0 amide bonds. The lowest BCUT2D eigenvalue weighted by molar-refractivity contribution is 0.0168. The molecule has 26 heavy (non-hydrogen) atoms. The van der Waals surface area contributed by atoms with Crippen LogP contribution in [0.15, 0.2) is 29.3 Å². The number of benzene rings is 1. The second kappa shape index (κ2) is 11.7. The molecule has 2 rings (SSSR count). The summed E-state index contributed by atoms with van der Waals surface area (Å²) in [4.78, 5) is 4.18. The molecule has 2 N–H and O–H groups in total. The van der Waals surface area contributed by atoms with E-state index < -0.39 is 0 Å². The Balaban J connectivity index is 1.54. The van der Waals surface area contributed by atoms with E-state index in [9.17, 15) is 4.39 Å². The van der Waals surface area contributed by atoms with Gasteiger partial charge in [0, 0.05) is 32.9 Å². The van der Waals surface area contributed by atoms with Gasteiger partial charge in [-0.15, -0.1) is 0 Å². The second-order valence-corrected chi connectivity index (χ2v) is 6.33. The molecule has 1 aliphatic heterocycles. The molecule has 0 aromatic heterocycles. The minimum atomic E-state index is -0.304. The highest BCUT2D eigenvalue weighted by Crippen LogP contribution is 2.13. The molecule has 1 fully saturated rings. The Morgan fingerprint density at radius 2 is 2.31 bits per heavy atom. The van der Waals surface area contributed by atoms with Crippen molar-refractivity contribution in [2.24, 2.45) is 4.99 Å². The summed E-state index contributed by atoms with van der Waals surface area (Å²) in [5.74, 6) is 0.923. The Labute approximate surface area is 155 Å². The smallest absolute Gasteiger partial charge is 0.191 e. The Bertz CT molecular complexity index is 551. The van der Waals surface area contributed by atoms with E-state index in [0.29, 0.717) is 31.5 Å². The van der Waals surface area contributed by atoms with Crippen LogP contribution in [0.2, 0.25) is 0 Å². The van der Waals surface area contributed by atoms with Gasteiger partial charge in [-0.05, 0) is 38.3 Å². The lowest BCUT2D eigenvalue weighted by Gasteiger charge is -2.18. The van der Waals surface area contributed by atoms with Crippen LogP contribution in [-0.2, 0) is 9.47 Å². The Hall–Kier alpha value is -1.86. The van der Waals surface area contributed by atoms with Crippen molar-refractivity contribution in [3.8, 4) is 5.75 Å². The molecule has 0 bridgehead atoms. The van der Waals surface area contributed by atoms with Crippen molar-refractivity contribution in [2.75, 3.05) is 40.0 Å². The minimum Gasteiger partial charge on any atom is -0.489 e. The zero-order valence-electron chi connectivity index (χ0n) is 15.7. The van der Waals surface area contributed by atoms with Gasteiger partial charge in [0.2, 0.25) is 0 Å². The number of hydrogen-bond donors (Lipinski definition) is 2. The average molecular weight is 367 g/mol. The second-order valence-electron chi connectivity index (χ2n) is 6.33. The molecule has 1 heterocycles. The molecule has 6 nitrogen and oxygen atoms in total. The Morgan fingerprint density at radius 1 is 1.42 bits per heavy atom. The molecule has 1 aromatic rings. The predicted molar refractivity (Wildman–Crippen MR) is 100 cm³/mol. The van der Waals surface area contributed by atoms with Gasteiger partial charge in [0.25, 0.3) is 0 Å². The van der Waals surface area contributed by atoms with Crippen LogP contribution < -0.4 is 15.4 Å². The predicted octanol–water partition coefficient (Wildman–Crippen LogP) is 2.34. The summed E-state index contributed by atoms with van der Waals surface area (Å²) in [6.45, 7) is 5.49. The maximum atomic E-state index is 13.2. The molecule has 0 aliphatic carbocycles. The van der Waals surface area contributed by atoms with Crippen LogP contribution >= 0.6 is 0 Å². The molecule has 1 aromatic carbocycles. The lowest BCUT2D eigenvalue weighted by atomic mass is 10.2. The van der Waals surface area contributed by atoms with E-state index in [4.69, 9.17) is 14.2 Å². The maximum absolute atomic E-state index is 13.2. The van der Waals surface area contributed by atoms with Gasteiger partial charge >= 0.3 is 0 Å². The Morgan fingerprint density at radius 3 is 3.04 bits per heavy atom. The zero-order chi connectivity index (χ0) is 18.6. The van der Waals surface area contributed by atoms with Gasteiger partial charge in [-0.1, -0.05) is 6.07 Å². The third-order valence-electron chi connectivity index (χ3n) is 4.00. The summed E-state index contributed by atoms with van der Waals surface area (Å²) < 4.78 is 30.0. The summed E-state index contributed by atoms with van der Waals surface area (Å²) in [7, 11) is 1.72. The van der Waals surface area contributed by atoms with E-state index in [1.54, 1.807) is 19.2 Å². The summed E-state index contributed by atoms with van der Waals surface area (Å²) in [6.07, 6.45) is 3.29. The summed E-state index contributed by atoms with van der Waals surface area (Å²) in [6, 6.07) is 6.14. The first-order chi connectivity index (χ1) is 12.7. The van der Waals surface area contributed by atoms with Gasteiger partial charge in [-0.2, -0.15) is 0 Å². The van der Waals surface area contributed by atoms with Gasteiger partial charge in [-0.25, -0.2) is 4.39 Å². The highest BCUT2D eigenvalue weighted by molar-refractivity contribution is 5.79. The van der Waals surface area contributed by atoms with E-state index in [-0.39, 0.29) is 18.0 Å². The highest BCUT2D eigenvalue weighted by atomic mass is 19.1. The number of hydrogen-bond acceptors (Lipinski definition) is 4. The minimum absolute atomic E-state index is 0.120. The first-order valence-corrected chi connectivity index (χ1v) is 9.23. The zero-order valence-corrected chi connectivity index (χ0v) is 15.7. The fourth-order valence-corrected chi connectivity index (χ4v) is 2.65. The van der Waals surface area contributed by atoms with Gasteiger partial charge in [0.15, 0.2) is 5.96 Å². The van der Waals surface area contributed by atoms with Crippen molar-refractivity contribution in [1.82, 2.24) is 10.6 Å². The highest BCUT2D eigenvalue weighted by Gasteiger charge is 2.14. The van der Waals surface area contributed by atoms with E-state index in [0.717, 1.165) is 32.4 Å². The van der Waals surface area contributed by atoms with Gasteiger partial charge in [0.1, 0.15) is 17.7 Å². The van der Waals surface area contributed by atoms with E-state index in [2.05, 4.69) is 15.6 Å². The molecule has 146 valence electrons.